The van der Waals surface area contributed by atoms with Gasteiger partial charge in [0.05, 0.1) is 6.61 Å². The zero-order valence-corrected chi connectivity index (χ0v) is 11.0. The van der Waals surface area contributed by atoms with Crippen molar-refractivity contribution in [2.75, 3.05) is 20.3 Å². The Balaban J connectivity index is 2.92. The molecule has 0 atom stereocenters. The average molecular weight is 279 g/mol. The number of rotatable bonds is 6. The number of aliphatic hydroxyl groups excluding tert-OH is 1. The maximum atomic E-state index is 11.9. The van der Waals surface area contributed by atoms with Gasteiger partial charge in [0, 0.05) is 18.7 Å². The van der Waals surface area contributed by atoms with Crippen molar-refractivity contribution in [1.29, 1.82) is 0 Å². The minimum atomic E-state index is -0.604. The summed E-state index contributed by atoms with van der Waals surface area (Å²) in [6, 6.07) is 4.00. The van der Waals surface area contributed by atoms with E-state index in [0.29, 0.717) is 0 Å². The number of phenolic OH excluding ortho intramolecular Hbond substituents is 1. The second-order valence-corrected chi connectivity index (χ2v) is 3.75. The predicted molar refractivity (Wildman–Crippen MR) is 74.8 cm³/mol. The second kappa shape index (κ2) is 7.80. The van der Waals surface area contributed by atoms with Crippen molar-refractivity contribution >= 4 is 11.7 Å². The monoisotopic (exact) mass is 279 g/mol. The topological polar surface area (TPSA) is 117 Å². The molecule has 1 aromatic carbocycles. The number of carbonyl (C=O) groups excluding carboxylic acids is 1. The number of carbonyl (C=O) groups is 1. The number of aromatic hydroxyl groups is 1. The first kappa shape index (κ1) is 15.5. The van der Waals surface area contributed by atoms with Crippen molar-refractivity contribution < 1.29 is 19.7 Å². The van der Waals surface area contributed by atoms with Crippen molar-refractivity contribution in [3.05, 3.63) is 36.0 Å². The Kier molecular flexibility index (Phi) is 6.05. The Labute approximate surface area is 116 Å². The Hall–Kier alpha value is -2.54. The lowest BCUT2D eigenvalue weighted by molar-refractivity contribution is 0.100. The number of nitrogens with one attached hydrogen (secondary N) is 1. The minimum Gasteiger partial charge on any atom is -0.508 e. The van der Waals surface area contributed by atoms with E-state index >= 15 is 0 Å². The molecule has 20 heavy (non-hydrogen) atoms. The molecule has 1 rings (SSSR count). The van der Waals surface area contributed by atoms with Crippen molar-refractivity contribution in [2.24, 2.45) is 10.7 Å². The van der Waals surface area contributed by atoms with Crippen LogP contribution >= 0.6 is 0 Å². The predicted octanol–water partition coefficient (Wildman–Crippen LogP) is -0.00620. The van der Waals surface area contributed by atoms with E-state index in [1.807, 2.05) is 0 Å². The minimum absolute atomic E-state index is 0.0329. The molecule has 0 saturated heterocycles. The standard InChI is InChI=1S/C13H17N3O4/c1-15-3-2-12(14)16-13(19)9-6-10(18)8-11(7-9)20-5-4-17/h2-3,6-8,15,17-18H,4-5H2,1H3,(H2,14,16,19)/b3-2-. The summed E-state index contributed by atoms with van der Waals surface area (Å²) in [6.45, 7) is -0.105. The van der Waals surface area contributed by atoms with Gasteiger partial charge in [0.2, 0.25) is 0 Å². The summed E-state index contributed by atoms with van der Waals surface area (Å²) in [5, 5.41) is 20.9. The first-order valence-electron chi connectivity index (χ1n) is 5.87. The van der Waals surface area contributed by atoms with Gasteiger partial charge in [-0.1, -0.05) is 0 Å². The molecule has 0 saturated carbocycles. The number of hydrogen-bond acceptors (Lipinski definition) is 5. The molecule has 7 heteroatoms. The maximum absolute atomic E-state index is 11.9. The van der Waals surface area contributed by atoms with E-state index in [1.165, 1.54) is 30.5 Å². The molecule has 0 bridgehead atoms. The Morgan fingerprint density at radius 3 is 2.90 bits per heavy atom. The van der Waals surface area contributed by atoms with Gasteiger partial charge in [-0.05, 0) is 24.4 Å². The Morgan fingerprint density at radius 2 is 2.25 bits per heavy atom. The molecule has 0 fully saturated rings. The third kappa shape index (κ3) is 4.99. The second-order valence-electron chi connectivity index (χ2n) is 3.75. The Bertz CT molecular complexity index is 526. The molecule has 1 aromatic rings. The fraction of sp³-hybridized carbons (Fsp3) is 0.231. The average Bonchev–Trinajstić information content (AvgIpc) is 2.42. The third-order valence-electron chi connectivity index (χ3n) is 2.15. The fourth-order valence-electron chi connectivity index (χ4n) is 1.34. The van der Waals surface area contributed by atoms with E-state index in [4.69, 9.17) is 15.6 Å². The summed E-state index contributed by atoms with van der Waals surface area (Å²) < 4.78 is 5.13. The number of phenols is 1. The van der Waals surface area contributed by atoms with E-state index in [0.717, 1.165) is 0 Å². The van der Waals surface area contributed by atoms with Crippen molar-refractivity contribution in [3.8, 4) is 11.5 Å². The zero-order chi connectivity index (χ0) is 15.0. The molecule has 0 aromatic heterocycles. The van der Waals surface area contributed by atoms with Crippen molar-refractivity contribution in [3.63, 3.8) is 0 Å². The SMILES string of the molecule is CN/C=C\C(N)=NC(=O)c1cc(O)cc(OCCO)c1. The molecule has 0 spiro atoms. The van der Waals surface area contributed by atoms with Crippen molar-refractivity contribution in [1.82, 2.24) is 5.32 Å². The third-order valence-corrected chi connectivity index (χ3v) is 2.15. The molecule has 0 heterocycles. The fourth-order valence-corrected chi connectivity index (χ4v) is 1.34. The molecule has 108 valence electrons. The van der Waals surface area contributed by atoms with Gasteiger partial charge in [0.25, 0.3) is 5.91 Å². The highest BCUT2D eigenvalue weighted by atomic mass is 16.5. The number of aliphatic hydroxyl groups is 1. The zero-order valence-electron chi connectivity index (χ0n) is 11.0. The van der Waals surface area contributed by atoms with Gasteiger partial charge in [-0.25, -0.2) is 0 Å². The van der Waals surface area contributed by atoms with E-state index < -0.39 is 5.91 Å². The summed E-state index contributed by atoms with van der Waals surface area (Å²) in [6.07, 6.45) is 2.97. The first-order chi connectivity index (χ1) is 9.56. The summed E-state index contributed by atoms with van der Waals surface area (Å²) >= 11 is 0. The molecule has 1 amide bonds. The lowest BCUT2D eigenvalue weighted by Gasteiger charge is -2.06. The summed E-state index contributed by atoms with van der Waals surface area (Å²) in [5.74, 6) is -0.441. The Morgan fingerprint density at radius 1 is 1.50 bits per heavy atom. The van der Waals surface area contributed by atoms with E-state index in [-0.39, 0.29) is 36.1 Å². The van der Waals surface area contributed by atoms with Crippen LogP contribution in [0.15, 0.2) is 35.5 Å². The number of ether oxygens (including phenoxy) is 1. The number of hydrogen-bond donors (Lipinski definition) is 4. The van der Waals surface area contributed by atoms with Crippen LogP contribution < -0.4 is 15.8 Å². The van der Waals surface area contributed by atoms with Crippen LogP contribution in [0.25, 0.3) is 0 Å². The quantitative estimate of drug-likeness (QED) is 0.430. The van der Waals surface area contributed by atoms with Gasteiger partial charge < -0.3 is 26.0 Å². The molecule has 0 aliphatic carbocycles. The summed E-state index contributed by atoms with van der Waals surface area (Å²) in [5.41, 5.74) is 5.67. The summed E-state index contributed by atoms with van der Waals surface area (Å²) in [4.78, 5) is 15.5. The van der Waals surface area contributed by atoms with Gasteiger partial charge in [-0.2, -0.15) is 4.99 Å². The highest BCUT2D eigenvalue weighted by Gasteiger charge is 2.09. The molecule has 0 radical (unpaired) electrons. The number of aliphatic imine (C=N–C) groups is 1. The molecule has 0 aliphatic rings. The van der Waals surface area contributed by atoms with Gasteiger partial charge >= 0.3 is 0 Å². The highest BCUT2D eigenvalue weighted by molar-refractivity contribution is 6.06. The van der Waals surface area contributed by atoms with Crippen LogP contribution in [0.2, 0.25) is 0 Å². The molecule has 7 nitrogen and oxygen atoms in total. The van der Waals surface area contributed by atoms with Gasteiger partial charge in [0.15, 0.2) is 0 Å². The first-order valence-corrected chi connectivity index (χ1v) is 5.87. The molecular weight excluding hydrogens is 262 g/mol. The molecule has 5 N–H and O–H groups in total. The molecule has 0 aliphatic heterocycles. The lowest BCUT2D eigenvalue weighted by atomic mass is 10.2. The van der Waals surface area contributed by atoms with Crippen LogP contribution in [-0.2, 0) is 0 Å². The summed E-state index contributed by atoms with van der Waals surface area (Å²) in [7, 11) is 1.69. The molecular formula is C13H17N3O4. The number of nitrogens with two attached hydrogens (primary N) is 1. The van der Waals surface area contributed by atoms with Gasteiger partial charge in [0.1, 0.15) is 23.9 Å². The smallest absolute Gasteiger partial charge is 0.279 e. The largest absolute Gasteiger partial charge is 0.508 e. The number of amides is 1. The number of benzene rings is 1. The van der Waals surface area contributed by atoms with E-state index in [1.54, 1.807) is 7.05 Å². The van der Waals surface area contributed by atoms with Gasteiger partial charge in [-0.15, -0.1) is 0 Å². The maximum Gasteiger partial charge on any atom is 0.279 e. The van der Waals surface area contributed by atoms with Crippen LogP contribution in [0.3, 0.4) is 0 Å². The van der Waals surface area contributed by atoms with Crippen LogP contribution in [0.4, 0.5) is 0 Å². The van der Waals surface area contributed by atoms with E-state index in [2.05, 4.69) is 10.3 Å². The van der Waals surface area contributed by atoms with E-state index in [9.17, 15) is 9.90 Å². The van der Waals surface area contributed by atoms with Crippen LogP contribution in [-0.4, -0.2) is 42.2 Å². The number of amidine groups is 1. The van der Waals surface area contributed by atoms with Crippen LogP contribution in [0.1, 0.15) is 10.4 Å². The molecule has 0 unspecified atom stereocenters. The number of nitrogens with zero attached hydrogens (tertiary/aromatic N) is 1. The highest BCUT2D eigenvalue weighted by Crippen LogP contribution is 2.22. The van der Waals surface area contributed by atoms with Gasteiger partial charge in [-0.3, -0.25) is 4.79 Å². The lowest BCUT2D eigenvalue weighted by Crippen LogP contribution is -2.12. The van der Waals surface area contributed by atoms with Crippen LogP contribution in [0.5, 0.6) is 11.5 Å². The van der Waals surface area contributed by atoms with Crippen LogP contribution in [0, 0.1) is 0 Å². The normalized spacial score (nSPS) is 11.6. The van der Waals surface area contributed by atoms with Crippen molar-refractivity contribution in [2.45, 2.75) is 0 Å².